The maximum atomic E-state index is 4.55. The maximum absolute atomic E-state index is 4.55. The van der Waals surface area contributed by atoms with E-state index in [1.54, 1.807) is 0 Å². The molecule has 0 atom stereocenters. The standard InChI is InChI=1S/C11H9NS/c1-7-12-11-9-5-3-2-4-8(9)6-10(11)13-7/h2-5H,6H2,1H3. The predicted octanol–water partition coefficient (Wildman–Crippen LogP) is 3.02. The minimum Gasteiger partial charge on any atom is -0.241 e. The topological polar surface area (TPSA) is 12.9 Å². The molecule has 1 aromatic heterocycles. The molecule has 3 rings (SSSR count). The van der Waals surface area contributed by atoms with Crippen LogP contribution in [0.15, 0.2) is 24.3 Å². The summed E-state index contributed by atoms with van der Waals surface area (Å²) in [6.07, 6.45) is 1.08. The second kappa shape index (κ2) is 2.42. The summed E-state index contributed by atoms with van der Waals surface area (Å²) in [7, 11) is 0. The van der Waals surface area contributed by atoms with E-state index in [1.165, 1.54) is 26.7 Å². The Labute approximate surface area is 81.1 Å². The summed E-state index contributed by atoms with van der Waals surface area (Å²) >= 11 is 1.82. The van der Waals surface area contributed by atoms with Crippen molar-refractivity contribution in [2.75, 3.05) is 0 Å². The van der Waals surface area contributed by atoms with Gasteiger partial charge in [-0.3, -0.25) is 0 Å². The van der Waals surface area contributed by atoms with Gasteiger partial charge in [0, 0.05) is 16.9 Å². The lowest BCUT2D eigenvalue weighted by atomic mass is 10.1. The molecule has 13 heavy (non-hydrogen) atoms. The zero-order valence-corrected chi connectivity index (χ0v) is 8.19. The third-order valence-corrected chi connectivity index (χ3v) is 3.40. The van der Waals surface area contributed by atoms with Crippen LogP contribution in [0.1, 0.15) is 15.4 Å². The fourth-order valence-corrected chi connectivity index (χ4v) is 2.85. The molecular weight excluding hydrogens is 178 g/mol. The highest BCUT2D eigenvalue weighted by Gasteiger charge is 2.21. The minimum atomic E-state index is 1.08. The van der Waals surface area contributed by atoms with Crippen molar-refractivity contribution in [1.29, 1.82) is 0 Å². The highest BCUT2D eigenvalue weighted by Crippen LogP contribution is 2.38. The fourth-order valence-electron chi connectivity index (χ4n) is 1.88. The van der Waals surface area contributed by atoms with Crippen molar-refractivity contribution in [3.8, 4) is 11.3 Å². The van der Waals surface area contributed by atoms with Crippen LogP contribution >= 0.6 is 11.3 Å². The van der Waals surface area contributed by atoms with Crippen molar-refractivity contribution in [2.45, 2.75) is 13.3 Å². The number of rotatable bonds is 0. The molecule has 0 saturated carbocycles. The van der Waals surface area contributed by atoms with E-state index in [1.807, 2.05) is 11.3 Å². The highest BCUT2D eigenvalue weighted by atomic mass is 32.1. The molecule has 2 aromatic rings. The summed E-state index contributed by atoms with van der Waals surface area (Å²) in [6.45, 7) is 2.08. The number of benzene rings is 1. The summed E-state index contributed by atoms with van der Waals surface area (Å²) < 4.78 is 0. The number of nitrogens with zero attached hydrogens (tertiary/aromatic N) is 1. The van der Waals surface area contributed by atoms with Crippen molar-refractivity contribution in [1.82, 2.24) is 4.98 Å². The zero-order valence-electron chi connectivity index (χ0n) is 7.37. The van der Waals surface area contributed by atoms with Crippen LogP contribution in [0.3, 0.4) is 0 Å². The van der Waals surface area contributed by atoms with Crippen LogP contribution in [-0.2, 0) is 6.42 Å². The lowest BCUT2D eigenvalue weighted by molar-refractivity contribution is 1.29. The summed E-state index contributed by atoms with van der Waals surface area (Å²) in [5, 5.41) is 1.18. The molecule has 0 unspecified atom stereocenters. The highest BCUT2D eigenvalue weighted by molar-refractivity contribution is 7.12. The summed E-state index contributed by atoms with van der Waals surface area (Å²) in [6, 6.07) is 8.55. The van der Waals surface area contributed by atoms with Crippen molar-refractivity contribution in [3.05, 3.63) is 39.7 Å². The Morgan fingerprint density at radius 2 is 2.15 bits per heavy atom. The number of aryl methyl sites for hydroxylation is 1. The maximum Gasteiger partial charge on any atom is 0.0904 e. The van der Waals surface area contributed by atoms with Gasteiger partial charge in [0.2, 0.25) is 0 Å². The molecule has 1 aliphatic rings. The average molecular weight is 187 g/mol. The van der Waals surface area contributed by atoms with Crippen LogP contribution in [0.25, 0.3) is 11.3 Å². The van der Waals surface area contributed by atoms with Gasteiger partial charge in [-0.05, 0) is 12.5 Å². The number of hydrogen-bond donors (Lipinski definition) is 0. The van der Waals surface area contributed by atoms with Gasteiger partial charge in [0.1, 0.15) is 0 Å². The van der Waals surface area contributed by atoms with Crippen LogP contribution in [0.4, 0.5) is 0 Å². The quantitative estimate of drug-likeness (QED) is 0.527. The summed E-state index contributed by atoms with van der Waals surface area (Å²) in [5.74, 6) is 0. The van der Waals surface area contributed by atoms with E-state index in [9.17, 15) is 0 Å². The van der Waals surface area contributed by atoms with E-state index in [0.29, 0.717) is 0 Å². The van der Waals surface area contributed by atoms with Crippen molar-refractivity contribution >= 4 is 11.3 Å². The van der Waals surface area contributed by atoms with Crippen LogP contribution in [0.2, 0.25) is 0 Å². The van der Waals surface area contributed by atoms with Gasteiger partial charge in [-0.2, -0.15) is 0 Å². The molecule has 1 nitrogen and oxygen atoms in total. The Morgan fingerprint density at radius 3 is 3.08 bits per heavy atom. The molecule has 0 aliphatic heterocycles. The van der Waals surface area contributed by atoms with Gasteiger partial charge in [0.25, 0.3) is 0 Å². The predicted molar refractivity (Wildman–Crippen MR) is 55.1 cm³/mol. The van der Waals surface area contributed by atoms with Gasteiger partial charge < -0.3 is 0 Å². The Morgan fingerprint density at radius 1 is 1.31 bits per heavy atom. The first-order valence-corrected chi connectivity index (χ1v) is 5.21. The molecule has 0 radical (unpaired) electrons. The second-order valence-corrected chi connectivity index (χ2v) is 4.63. The molecule has 1 heterocycles. The van der Waals surface area contributed by atoms with Crippen molar-refractivity contribution in [3.63, 3.8) is 0 Å². The summed E-state index contributed by atoms with van der Waals surface area (Å²) in [4.78, 5) is 5.98. The van der Waals surface area contributed by atoms with E-state index >= 15 is 0 Å². The third-order valence-electron chi connectivity index (χ3n) is 2.43. The van der Waals surface area contributed by atoms with E-state index < -0.39 is 0 Å². The van der Waals surface area contributed by atoms with Crippen molar-refractivity contribution in [2.24, 2.45) is 0 Å². The lowest BCUT2D eigenvalue weighted by Crippen LogP contribution is -1.79. The van der Waals surface area contributed by atoms with Crippen LogP contribution in [0.5, 0.6) is 0 Å². The molecule has 0 amide bonds. The Bertz CT molecular complexity index is 471. The van der Waals surface area contributed by atoms with Gasteiger partial charge in [-0.1, -0.05) is 24.3 Å². The first-order valence-electron chi connectivity index (χ1n) is 4.39. The molecule has 1 aromatic carbocycles. The number of hydrogen-bond acceptors (Lipinski definition) is 2. The SMILES string of the molecule is Cc1nc2c(s1)Cc1ccccc1-2. The van der Waals surface area contributed by atoms with Crippen LogP contribution < -0.4 is 0 Å². The molecule has 0 N–H and O–H groups in total. The Hall–Kier alpha value is -1.15. The van der Waals surface area contributed by atoms with Crippen LogP contribution in [-0.4, -0.2) is 4.98 Å². The van der Waals surface area contributed by atoms with Gasteiger partial charge in [0.05, 0.1) is 10.7 Å². The van der Waals surface area contributed by atoms with Gasteiger partial charge in [-0.25, -0.2) is 4.98 Å². The molecule has 0 saturated heterocycles. The lowest BCUT2D eigenvalue weighted by Gasteiger charge is -1.95. The largest absolute Gasteiger partial charge is 0.241 e. The Balaban J connectivity index is 2.30. The molecule has 1 aliphatic carbocycles. The molecule has 2 heteroatoms. The number of thiazole rings is 1. The molecule has 64 valence electrons. The van der Waals surface area contributed by atoms with Gasteiger partial charge >= 0.3 is 0 Å². The first kappa shape index (κ1) is 7.27. The monoisotopic (exact) mass is 187 g/mol. The second-order valence-electron chi connectivity index (χ2n) is 3.34. The van der Waals surface area contributed by atoms with E-state index in [0.717, 1.165) is 6.42 Å². The average Bonchev–Trinajstić information content (AvgIpc) is 2.60. The molecule has 0 fully saturated rings. The Kier molecular flexibility index (Phi) is 1.35. The van der Waals surface area contributed by atoms with Gasteiger partial charge in [0.15, 0.2) is 0 Å². The zero-order chi connectivity index (χ0) is 8.84. The van der Waals surface area contributed by atoms with Gasteiger partial charge in [-0.15, -0.1) is 11.3 Å². The molecule has 0 bridgehead atoms. The fraction of sp³-hybridized carbons (Fsp3) is 0.182. The normalized spacial score (nSPS) is 12.7. The van der Waals surface area contributed by atoms with Crippen LogP contribution in [0, 0.1) is 6.92 Å². The van der Waals surface area contributed by atoms with E-state index in [4.69, 9.17) is 0 Å². The number of aromatic nitrogens is 1. The minimum absolute atomic E-state index is 1.08. The smallest absolute Gasteiger partial charge is 0.0904 e. The molecule has 0 spiro atoms. The molecular formula is C11H9NS. The van der Waals surface area contributed by atoms with E-state index in [2.05, 4.69) is 36.2 Å². The third kappa shape index (κ3) is 0.954. The first-order chi connectivity index (χ1) is 6.34. The van der Waals surface area contributed by atoms with Crippen molar-refractivity contribution < 1.29 is 0 Å². The summed E-state index contributed by atoms with van der Waals surface area (Å²) in [5.41, 5.74) is 3.98. The number of fused-ring (bicyclic) bond motifs is 3. The van der Waals surface area contributed by atoms with E-state index in [-0.39, 0.29) is 0 Å².